The average molecular weight is 640 g/mol. The summed E-state index contributed by atoms with van der Waals surface area (Å²) < 4.78 is 4.82. The van der Waals surface area contributed by atoms with E-state index in [0.29, 0.717) is 18.8 Å². The molecule has 0 radical (unpaired) electrons. The van der Waals surface area contributed by atoms with Gasteiger partial charge < -0.3 is 24.5 Å². The monoisotopic (exact) mass is 639 g/mol. The van der Waals surface area contributed by atoms with Gasteiger partial charge >= 0.3 is 0 Å². The molecule has 1 aromatic carbocycles. The summed E-state index contributed by atoms with van der Waals surface area (Å²) in [6.45, 7) is 25.2. The molecule has 1 spiro atoms. The lowest BCUT2D eigenvalue weighted by atomic mass is 9.65. The van der Waals surface area contributed by atoms with E-state index in [-0.39, 0.29) is 47.5 Å². The molecule has 0 aliphatic carbocycles. The molecular formula is C36H53N3O5S. The summed E-state index contributed by atoms with van der Waals surface area (Å²) in [5.41, 5.74) is 0.135. The van der Waals surface area contributed by atoms with Gasteiger partial charge in [-0.25, -0.2) is 0 Å². The zero-order valence-corrected chi connectivity index (χ0v) is 29.2. The first-order valence-electron chi connectivity index (χ1n) is 16.3. The molecule has 0 saturated carbocycles. The first kappa shape index (κ1) is 35.1. The SMILES string of the molecule is C=CCN(C(=O)[C@@H]1[C@H]2C(=O)N([C@H](C)CO)C(C(=O)N(CC=C)C(C)(C)CC(C)(C)C)C23S[C@@H]1CC3C)c1ccc(OCC)cc1. The molecule has 2 bridgehead atoms. The first-order valence-corrected chi connectivity index (χ1v) is 17.2. The predicted molar refractivity (Wildman–Crippen MR) is 182 cm³/mol. The molecule has 3 saturated heterocycles. The molecule has 7 atom stereocenters. The molecular weight excluding hydrogens is 586 g/mol. The fraction of sp³-hybridized carbons (Fsp3) is 0.639. The Bertz CT molecular complexity index is 1290. The molecule has 1 aromatic rings. The van der Waals surface area contributed by atoms with Crippen molar-refractivity contribution in [2.45, 2.75) is 95.9 Å². The minimum Gasteiger partial charge on any atom is -0.494 e. The lowest BCUT2D eigenvalue weighted by molar-refractivity contribution is -0.149. The van der Waals surface area contributed by atoms with Gasteiger partial charge in [0.05, 0.1) is 35.8 Å². The van der Waals surface area contributed by atoms with Crippen molar-refractivity contribution in [1.82, 2.24) is 9.80 Å². The number of anilines is 1. The van der Waals surface area contributed by atoms with Crippen LogP contribution in [0.5, 0.6) is 5.75 Å². The van der Waals surface area contributed by atoms with E-state index in [2.05, 4.69) is 54.7 Å². The maximum Gasteiger partial charge on any atom is 0.247 e. The van der Waals surface area contributed by atoms with Gasteiger partial charge in [-0.1, -0.05) is 39.8 Å². The molecule has 1 N–H and O–H groups in total. The van der Waals surface area contributed by atoms with Gasteiger partial charge in [-0.2, -0.15) is 0 Å². The Balaban J connectivity index is 1.80. The van der Waals surface area contributed by atoms with Crippen molar-refractivity contribution in [2.24, 2.45) is 23.2 Å². The zero-order chi connectivity index (χ0) is 33.5. The van der Waals surface area contributed by atoms with Gasteiger partial charge in [0.2, 0.25) is 17.7 Å². The number of aliphatic hydroxyl groups excluding tert-OH is 1. The number of amides is 3. The summed E-state index contributed by atoms with van der Waals surface area (Å²) in [4.78, 5) is 49.4. The summed E-state index contributed by atoms with van der Waals surface area (Å²) in [6.07, 6.45) is 4.92. The fourth-order valence-electron chi connectivity index (χ4n) is 8.41. The highest BCUT2D eigenvalue weighted by Crippen LogP contribution is 2.69. The highest BCUT2D eigenvalue weighted by Gasteiger charge is 2.77. The van der Waals surface area contributed by atoms with Crippen LogP contribution >= 0.6 is 11.8 Å². The van der Waals surface area contributed by atoms with E-state index in [1.807, 2.05) is 36.1 Å². The maximum atomic E-state index is 15.0. The second kappa shape index (κ2) is 13.1. The number of aliphatic hydroxyl groups is 1. The molecule has 3 aliphatic heterocycles. The number of carbonyl (C=O) groups is 3. The largest absolute Gasteiger partial charge is 0.494 e. The maximum absolute atomic E-state index is 15.0. The highest BCUT2D eigenvalue weighted by atomic mass is 32.2. The van der Waals surface area contributed by atoms with Crippen molar-refractivity contribution in [3.8, 4) is 5.75 Å². The van der Waals surface area contributed by atoms with Crippen molar-refractivity contribution >= 4 is 35.2 Å². The van der Waals surface area contributed by atoms with Gasteiger partial charge in [-0.3, -0.25) is 14.4 Å². The molecule has 3 unspecified atom stereocenters. The first-order chi connectivity index (χ1) is 21.1. The number of rotatable bonds is 13. The van der Waals surface area contributed by atoms with Crippen LogP contribution in [0.1, 0.15) is 68.2 Å². The Morgan fingerprint density at radius 3 is 2.29 bits per heavy atom. The van der Waals surface area contributed by atoms with E-state index in [0.717, 1.165) is 18.6 Å². The van der Waals surface area contributed by atoms with Gasteiger partial charge in [0.1, 0.15) is 11.8 Å². The second-order valence-corrected chi connectivity index (χ2v) is 16.3. The van der Waals surface area contributed by atoms with Crippen LogP contribution in [-0.4, -0.2) is 86.6 Å². The molecule has 0 aromatic heterocycles. The fourth-order valence-corrected chi connectivity index (χ4v) is 10.8. The number of hydrogen-bond donors (Lipinski definition) is 1. The average Bonchev–Trinajstić information content (AvgIpc) is 3.56. The summed E-state index contributed by atoms with van der Waals surface area (Å²) in [5.74, 6) is -1.04. The number of benzene rings is 1. The van der Waals surface area contributed by atoms with Crippen molar-refractivity contribution in [3.63, 3.8) is 0 Å². The Morgan fingerprint density at radius 1 is 1.13 bits per heavy atom. The Hall–Kier alpha value is -2.78. The summed E-state index contributed by atoms with van der Waals surface area (Å²) in [5, 5.41) is 10.3. The van der Waals surface area contributed by atoms with E-state index >= 15 is 4.79 Å². The van der Waals surface area contributed by atoms with E-state index in [4.69, 9.17) is 4.74 Å². The third kappa shape index (κ3) is 6.19. The number of fused-ring (bicyclic) bond motifs is 1. The smallest absolute Gasteiger partial charge is 0.247 e. The van der Waals surface area contributed by atoms with Crippen molar-refractivity contribution < 1.29 is 24.2 Å². The summed E-state index contributed by atoms with van der Waals surface area (Å²) >= 11 is 1.65. The lowest BCUT2D eigenvalue weighted by Crippen LogP contribution is -2.62. The van der Waals surface area contributed by atoms with Gasteiger partial charge in [0.15, 0.2) is 0 Å². The van der Waals surface area contributed by atoms with Crippen LogP contribution in [0.4, 0.5) is 5.69 Å². The molecule has 3 heterocycles. The predicted octanol–water partition coefficient (Wildman–Crippen LogP) is 5.55. The van der Waals surface area contributed by atoms with Crippen LogP contribution in [0.25, 0.3) is 0 Å². The minimum absolute atomic E-state index is 0.0185. The number of carbonyl (C=O) groups excluding carboxylic acids is 3. The standard InChI is InChI=1S/C36H53N3O5S/c1-11-18-37(25-14-16-26(17-15-25)44-13-3)31(41)28-27-20-23(4)36(45-27)29(28)32(42)39(24(5)21-40)30(36)33(43)38(19-12-2)35(9,10)22-34(6,7)8/h11-12,14-17,23-24,27-30,40H,1-2,13,18-22H2,3-10H3/t23?,24-,27-,28+,29+,30?,36?/m1/s1. The number of nitrogens with zero attached hydrogens (tertiary/aromatic N) is 3. The van der Waals surface area contributed by atoms with Gasteiger partial charge in [0, 0.05) is 29.6 Å². The number of hydrogen-bond acceptors (Lipinski definition) is 6. The van der Waals surface area contributed by atoms with Crippen molar-refractivity contribution in [3.05, 3.63) is 49.6 Å². The second-order valence-electron chi connectivity index (χ2n) is 14.8. The Kier molecular flexibility index (Phi) is 10.2. The van der Waals surface area contributed by atoms with Crippen LogP contribution in [0.2, 0.25) is 0 Å². The van der Waals surface area contributed by atoms with Crippen LogP contribution in [0.15, 0.2) is 49.6 Å². The molecule has 248 valence electrons. The van der Waals surface area contributed by atoms with Crippen molar-refractivity contribution in [1.29, 1.82) is 0 Å². The number of likely N-dealkylation sites (tertiary alicyclic amines) is 1. The molecule has 8 nitrogen and oxygen atoms in total. The van der Waals surface area contributed by atoms with E-state index in [9.17, 15) is 14.7 Å². The molecule has 9 heteroatoms. The third-order valence-corrected chi connectivity index (χ3v) is 11.8. The number of thioether (sulfide) groups is 1. The Morgan fingerprint density at radius 2 is 1.76 bits per heavy atom. The van der Waals surface area contributed by atoms with Gasteiger partial charge in [-0.05, 0) is 76.1 Å². The topological polar surface area (TPSA) is 90.4 Å². The molecule has 3 amide bonds. The lowest BCUT2D eigenvalue weighted by Gasteiger charge is -2.47. The van der Waals surface area contributed by atoms with Crippen molar-refractivity contribution in [2.75, 3.05) is 31.2 Å². The van der Waals surface area contributed by atoms with Crippen LogP contribution < -0.4 is 9.64 Å². The minimum atomic E-state index is -0.808. The van der Waals surface area contributed by atoms with E-state index in [1.165, 1.54) is 0 Å². The quantitative estimate of drug-likeness (QED) is 0.285. The van der Waals surface area contributed by atoms with E-state index in [1.54, 1.807) is 40.6 Å². The van der Waals surface area contributed by atoms with E-state index < -0.39 is 34.2 Å². The normalized spacial score (nSPS) is 28.1. The third-order valence-electron chi connectivity index (χ3n) is 9.75. The van der Waals surface area contributed by atoms with Gasteiger partial charge in [0.25, 0.3) is 0 Å². The van der Waals surface area contributed by atoms with Crippen LogP contribution in [-0.2, 0) is 14.4 Å². The Labute approximate surface area is 274 Å². The molecule has 3 fully saturated rings. The summed E-state index contributed by atoms with van der Waals surface area (Å²) in [7, 11) is 0. The highest BCUT2D eigenvalue weighted by molar-refractivity contribution is 8.02. The number of ether oxygens (including phenoxy) is 1. The molecule has 3 aliphatic rings. The van der Waals surface area contributed by atoms with Gasteiger partial charge in [-0.15, -0.1) is 24.9 Å². The molecule has 45 heavy (non-hydrogen) atoms. The molecule has 4 rings (SSSR count). The van der Waals surface area contributed by atoms with Crippen LogP contribution in [0.3, 0.4) is 0 Å². The zero-order valence-electron chi connectivity index (χ0n) is 28.4. The van der Waals surface area contributed by atoms with Crippen LogP contribution in [0, 0.1) is 23.2 Å². The summed E-state index contributed by atoms with van der Waals surface area (Å²) in [6, 6.07) is 6.01.